The minimum Gasteiger partial charge on any atom is -0.338 e. The van der Waals surface area contributed by atoms with Crippen LogP contribution in [0.3, 0.4) is 0 Å². The van der Waals surface area contributed by atoms with E-state index in [9.17, 15) is 32.0 Å². The van der Waals surface area contributed by atoms with Gasteiger partial charge in [-0.25, -0.2) is 12.8 Å². The van der Waals surface area contributed by atoms with Crippen molar-refractivity contribution >= 4 is 33.7 Å². The first kappa shape index (κ1) is 23.3. The van der Waals surface area contributed by atoms with Crippen molar-refractivity contribution in [2.75, 3.05) is 45.8 Å². The fourth-order valence-corrected chi connectivity index (χ4v) is 5.89. The average molecular weight is 481 g/mol. The Morgan fingerprint density at radius 1 is 0.879 bits per heavy atom. The second-order valence-electron chi connectivity index (χ2n) is 8.30. The Balaban J connectivity index is 1.40. The Morgan fingerprint density at radius 3 is 2.06 bits per heavy atom. The predicted molar refractivity (Wildman–Crippen MR) is 113 cm³/mol. The van der Waals surface area contributed by atoms with Crippen LogP contribution in [0.15, 0.2) is 23.1 Å². The number of likely N-dealkylation sites (tertiary alicyclic amines) is 1. The first-order valence-electron chi connectivity index (χ1n) is 10.9. The van der Waals surface area contributed by atoms with Crippen LogP contribution in [0.25, 0.3) is 0 Å². The maximum Gasteiger partial charge on any atom is 0.254 e. The zero-order chi connectivity index (χ0) is 23.8. The van der Waals surface area contributed by atoms with Crippen molar-refractivity contribution in [2.24, 2.45) is 0 Å². The van der Waals surface area contributed by atoms with Gasteiger partial charge in [-0.1, -0.05) is 0 Å². The van der Waals surface area contributed by atoms with E-state index in [1.54, 1.807) is 0 Å². The Kier molecular flexibility index (Phi) is 6.48. The average Bonchev–Trinajstić information content (AvgIpc) is 3.46. The van der Waals surface area contributed by atoms with Gasteiger partial charge in [0.05, 0.1) is 0 Å². The number of nitrogens with zero attached hydrogens (tertiary/aromatic N) is 4. The molecule has 3 fully saturated rings. The van der Waals surface area contributed by atoms with Crippen LogP contribution < -0.4 is 0 Å². The van der Waals surface area contributed by atoms with E-state index in [1.165, 1.54) is 20.2 Å². The second kappa shape index (κ2) is 9.18. The van der Waals surface area contributed by atoms with E-state index in [2.05, 4.69) is 0 Å². The monoisotopic (exact) mass is 480 g/mol. The first-order valence-corrected chi connectivity index (χ1v) is 12.3. The van der Waals surface area contributed by atoms with E-state index in [0.717, 1.165) is 17.0 Å². The molecule has 4 rings (SSSR count). The predicted octanol–water partition coefficient (Wildman–Crippen LogP) is 0.0436. The molecule has 0 saturated carbocycles. The van der Waals surface area contributed by atoms with Gasteiger partial charge in [0, 0.05) is 57.7 Å². The largest absolute Gasteiger partial charge is 0.338 e. The van der Waals surface area contributed by atoms with Crippen molar-refractivity contribution in [3.05, 3.63) is 29.6 Å². The topological polar surface area (TPSA) is 115 Å². The third kappa shape index (κ3) is 4.62. The standard InChI is InChI=1S/C21H25FN4O6S/c22-16-4-3-15(13-17(16)33(31,32)25-7-1-2-8-25)21(30)24-11-9-23(10-12-24)20(29)14-26-18(27)5-6-19(26)28/h3-4,13H,1-2,5-12,14H2. The van der Waals surface area contributed by atoms with Crippen LogP contribution in [-0.2, 0) is 24.4 Å². The van der Waals surface area contributed by atoms with Crippen LogP contribution in [0.4, 0.5) is 4.39 Å². The van der Waals surface area contributed by atoms with Crippen molar-refractivity contribution < 1.29 is 32.0 Å². The zero-order valence-corrected chi connectivity index (χ0v) is 18.9. The smallest absolute Gasteiger partial charge is 0.254 e. The van der Waals surface area contributed by atoms with Crippen molar-refractivity contribution in [3.63, 3.8) is 0 Å². The van der Waals surface area contributed by atoms with Crippen LogP contribution in [0.2, 0.25) is 0 Å². The molecule has 0 aromatic heterocycles. The summed E-state index contributed by atoms with van der Waals surface area (Å²) in [7, 11) is -4.02. The number of piperazine rings is 1. The summed E-state index contributed by atoms with van der Waals surface area (Å²) in [5, 5.41) is 0. The fourth-order valence-electron chi connectivity index (χ4n) is 4.28. The van der Waals surface area contributed by atoms with Gasteiger partial charge in [-0.2, -0.15) is 4.31 Å². The van der Waals surface area contributed by atoms with Crippen molar-refractivity contribution in [2.45, 2.75) is 30.6 Å². The normalized spacial score (nSPS) is 20.1. The molecule has 0 N–H and O–H groups in total. The summed E-state index contributed by atoms with van der Waals surface area (Å²) in [4.78, 5) is 52.3. The molecule has 1 aromatic carbocycles. The SMILES string of the molecule is O=C(CN1C(=O)CCC1=O)N1CCN(C(=O)c2ccc(F)c(S(=O)(=O)N3CCCC3)c2)CC1. The van der Waals surface area contributed by atoms with Gasteiger partial charge in [-0.05, 0) is 31.0 Å². The third-order valence-corrected chi connectivity index (χ3v) is 8.14. The molecular weight excluding hydrogens is 455 g/mol. The van der Waals surface area contributed by atoms with Gasteiger partial charge in [0.15, 0.2) is 0 Å². The lowest BCUT2D eigenvalue weighted by atomic mass is 10.1. The molecule has 178 valence electrons. The van der Waals surface area contributed by atoms with Gasteiger partial charge in [0.1, 0.15) is 17.3 Å². The molecule has 3 aliphatic heterocycles. The molecule has 3 heterocycles. The number of hydrogen-bond acceptors (Lipinski definition) is 6. The molecule has 0 unspecified atom stereocenters. The highest BCUT2D eigenvalue weighted by atomic mass is 32.2. The van der Waals surface area contributed by atoms with E-state index in [1.807, 2.05) is 0 Å². The molecule has 0 radical (unpaired) electrons. The number of halogens is 1. The zero-order valence-electron chi connectivity index (χ0n) is 18.0. The molecular formula is C21H25FN4O6S. The maximum absolute atomic E-state index is 14.4. The van der Waals surface area contributed by atoms with E-state index in [0.29, 0.717) is 25.9 Å². The van der Waals surface area contributed by atoms with Crippen molar-refractivity contribution in [3.8, 4) is 0 Å². The lowest BCUT2D eigenvalue weighted by Crippen LogP contribution is -2.53. The Bertz CT molecular complexity index is 1080. The highest BCUT2D eigenvalue weighted by molar-refractivity contribution is 7.89. The number of rotatable bonds is 5. The number of imide groups is 1. The lowest BCUT2D eigenvalue weighted by molar-refractivity contribution is -0.146. The quantitative estimate of drug-likeness (QED) is 0.550. The Labute approximate surface area is 190 Å². The highest BCUT2D eigenvalue weighted by Crippen LogP contribution is 2.25. The molecule has 3 aliphatic rings. The molecule has 1 aromatic rings. The molecule has 12 heteroatoms. The van der Waals surface area contributed by atoms with Gasteiger partial charge < -0.3 is 9.80 Å². The summed E-state index contributed by atoms with van der Waals surface area (Å²) in [6, 6.07) is 3.32. The summed E-state index contributed by atoms with van der Waals surface area (Å²) >= 11 is 0. The van der Waals surface area contributed by atoms with Gasteiger partial charge in [0.2, 0.25) is 27.7 Å². The van der Waals surface area contributed by atoms with Crippen LogP contribution in [0, 0.1) is 5.82 Å². The number of hydrogen-bond donors (Lipinski definition) is 0. The molecule has 0 bridgehead atoms. The minimum atomic E-state index is -4.02. The summed E-state index contributed by atoms with van der Waals surface area (Å²) in [5.41, 5.74) is 0.0576. The lowest BCUT2D eigenvalue weighted by Gasteiger charge is -2.35. The van der Waals surface area contributed by atoms with Crippen LogP contribution >= 0.6 is 0 Å². The second-order valence-corrected chi connectivity index (χ2v) is 10.2. The van der Waals surface area contributed by atoms with Gasteiger partial charge in [0.25, 0.3) is 5.91 Å². The summed E-state index contributed by atoms with van der Waals surface area (Å²) in [5.74, 6) is -2.45. The van der Waals surface area contributed by atoms with E-state index in [4.69, 9.17) is 0 Å². The highest BCUT2D eigenvalue weighted by Gasteiger charge is 2.34. The molecule has 4 amide bonds. The van der Waals surface area contributed by atoms with Crippen molar-refractivity contribution in [1.29, 1.82) is 0 Å². The molecule has 0 atom stereocenters. The molecule has 3 saturated heterocycles. The van der Waals surface area contributed by atoms with Crippen LogP contribution in [0.1, 0.15) is 36.0 Å². The first-order chi connectivity index (χ1) is 15.7. The number of sulfonamides is 1. The summed E-state index contributed by atoms with van der Waals surface area (Å²) in [6.07, 6.45) is 1.65. The molecule has 33 heavy (non-hydrogen) atoms. The summed E-state index contributed by atoms with van der Waals surface area (Å²) < 4.78 is 41.1. The minimum absolute atomic E-state index is 0.0576. The number of carbonyl (C=O) groups is 4. The Morgan fingerprint density at radius 2 is 1.45 bits per heavy atom. The summed E-state index contributed by atoms with van der Waals surface area (Å²) in [6.45, 7) is 1.15. The van der Waals surface area contributed by atoms with E-state index < -0.39 is 26.6 Å². The molecule has 10 nitrogen and oxygen atoms in total. The van der Waals surface area contributed by atoms with Crippen LogP contribution in [0.5, 0.6) is 0 Å². The fraction of sp³-hybridized carbons (Fsp3) is 0.524. The van der Waals surface area contributed by atoms with Crippen LogP contribution in [-0.4, -0.2) is 96.9 Å². The molecule has 0 spiro atoms. The number of benzene rings is 1. The maximum atomic E-state index is 14.4. The van der Waals surface area contributed by atoms with Crippen molar-refractivity contribution in [1.82, 2.24) is 19.0 Å². The Hall–Kier alpha value is -2.86. The van der Waals surface area contributed by atoms with E-state index in [-0.39, 0.29) is 68.9 Å². The van der Waals surface area contributed by atoms with E-state index >= 15 is 0 Å². The van der Waals surface area contributed by atoms with Gasteiger partial charge in [-0.15, -0.1) is 0 Å². The van der Waals surface area contributed by atoms with Gasteiger partial charge in [-0.3, -0.25) is 24.1 Å². The number of amides is 4. The molecule has 0 aliphatic carbocycles. The third-order valence-electron chi connectivity index (χ3n) is 6.23. The number of carbonyl (C=O) groups excluding carboxylic acids is 4. The van der Waals surface area contributed by atoms with Gasteiger partial charge >= 0.3 is 0 Å².